The van der Waals surface area contributed by atoms with E-state index in [9.17, 15) is 17.6 Å². The van der Waals surface area contributed by atoms with Crippen LogP contribution in [0.5, 0.6) is 0 Å². The second-order valence-electron chi connectivity index (χ2n) is 9.27. The predicted octanol–water partition coefficient (Wildman–Crippen LogP) is 5.02. The number of carbonyl (C=O) groups excluding carboxylic acids is 1. The highest BCUT2D eigenvalue weighted by atomic mass is 32.2. The van der Waals surface area contributed by atoms with Gasteiger partial charge in [0.15, 0.2) is 0 Å². The molecular formula is C29H30FN3O3S. The van der Waals surface area contributed by atoms with Crippen LogP contribution in [0.1, 0.15) is 36.2 Å². The fraction of sp³-hybridized carbons (Fsp3) is 0.241. The van der Waals surface area contributed by atoms with Gasteiger partial charge in [-0.2, -0.15) is 0 Å². The molecule has 6 nitrogen and oxygen atoms in total. The van der Waals surface area contributed by atoms with Crippen molar-refractivity contribution in [2.24, 2.45) is 0 Å². The fourth-order valence-corrected chi connectivity index (χ4v) is 5.66. The van der Waals surface area contributed by atoms with Gasteiger partial charge in [0, 0.05) is 6.04 Å². The van der Waals surface area contributed by atoms with E-state index in [2.05, 4.69) is 4.98 Å². The molecule has 3 aromatic carbocycles. The molecule has 1 heterocycles. The Bertz CT molecular complexity index is 1440. The number of rotatable bonds is 10. The van der Waals surface area contributed by atoms with Crippen LogP contribution in [0.3, 0.4) is 0 Å². The Hall–Kier alpha value is -3.78. The molecule has 4 rings (SSSR count). The van der Waals surface area contributed by atoms with Crippen molar-refractivity contribution >= 4 is 15.7 Å². The highest BCUT2D eigenvalue weighted by Crippen LogP contribution is 2.22. The van der Waals surface area contributed by atoms with Gasteiger partial charge in [0.1, 0.15) is 5.82 Å². The molecule has 0 fully saturated rings. The van der Waals surface area contributed by atoms with Crippen molar-refractivity contribution in [2.45, 2.75) is 50.3 Å². The van der Waals surface area contributed by atoms with Crippen molar-refractivity contribution in [3.63, 3.8) is 0 Å². The van der Waals surface area contributed by atoms with E-state index in [1.807, 2.05) is 74.5 Å². The molecule has 0 bridgehead atoms. The van der Waals surface area contributed by atoms with Gasteiger partial charge in [0.05, 0.1) is 37.2 Å². The third-order valence-electron chi connectivity index (χ3n) is 6.11. The van der Waals surface area contributed by atoms with E-state index < -0.39 is 15.7 Å². The van der Waals surface area contributed by atoms with E-state index in [0.29, 0.717) is 11.3 Å². The normalized spacial score (nSPS) is 11.6. The summed E-state index contributed by atoms with van der Waals surface area (Å²) >= 11 is 0. The lowest BCUT2D eigenvalue weighted by atomic mass is 10.1. The van der Waals surface area contributed by atoms with Gasteiger partial charge in [-0.05, 0) is 42.7 Å². The first kappa shape index (κ1) is 26.3. The van der Waals surface area contributed by atoms with Crippen molar-refractivity contribution in [1.82, 2.24) is 14.5 Å². The molecule has 0 saturated heterocycles. The topological polar surface area (TPSA) is 72.3 Å². The van der Waals surface area contributed by atoms with Crippen LogP contribution >= 0.6 is 0 Å². The smallest absolute Gasteiger partial charge is 0.228 e. The number of sulfone groups is 1. The van der Waals surface area contributed by atoms with E-state index in [-0.39, 0.29) is 42.4 Å². The molecule has 0 saturated carbocycles. The van der Waals surface area contributed by atoms with E-state index >= 15 is 0 Å². The standard InChI is InChI=1S/C29H30FN3O3S/c1-22(2)32(28(34)17-23-9-5-3-6-10-23)20-27-18-31-29(33(27)19-24-11-7-4-8-12-24)37(35,36)21-25-13-15-26(30)16-14-25/h3-16,18,22H,17,19-21H2,1-2H3. The molecule has 0 aliphatic heterocycles. The van der Waals surface area contributed by atoms with Gasteiger partial charge >= 0.3 is 0 Å². The minimum absolute atomic E-state index is 0.0515. The Morgan fingerprint density at radius 1 is 0.892 bits per heavy atom. The molecule has 192 valence electrons. The molecule has 1 amide bonds. The summed E-state index contributed by atoms with van der Waals surface area (Å²) in [4.78, 5) is 19.3. The van der Waals surface area contributed by atoms with Crippen LogP contribution in [0.25, 0.3) is 0 Å². The third kappa shape index (κ3) is 6.71. The van der Waals surface area contributed by atoms with Gasteiger partial charge in [0.25, 0.3) is 0 Å². The molecule has 1 aromatic heterocycles. The van der Waals surface area contributed by atoms with Gasteiger partial charge in [-0.1, -0.05) is 72.8 Å². The molecule has 0 aliphatic carbocycles. The van der Waals surface area contributed by atoms with Crippen LogP contribution in [0.4, 0.5) is 4.39 Å². The van der Waals surface area contributed by atoms with Gasteiger partial charge < -0.3 is 9.47 Å². The van der Waals surface area contributed by atoms with Gasteiger partial charge in [0.2, 0.25) is 20.9 Å². The van der Waals surface area contributed by atoms with E-state index in [1.165, 1.54) is 30.5 Å². The molecule has 0 aliphatic rings. The summed E-state index contributed by atoms with van der Waals surface area (Å²) in [6.45, 7) is 4.38. The Balaban J connectivity index is 1.67. The lowest BCUT2D eigenvalue weighted by Gasteiger charge is -2.27. The number of carbonyl (C=O) groups is 1. The molecule has 0 radical (unpaired) electrons. The van der Waals surface area contributed by atoms with Crippen LogP contribution in [0, 0.1) is 5.82 Å². The van der Waals surface area contributed by atoms with Crippen LogP contribution in [-0.2, 0) is 39.9 Å². The lowest BCUT2D eigenvalue weighted by molar-refractivity contribution is -0.132. The zero-order valence-corrected chi connectivity index (χ0v) is 21.7. The van der Waals surface area contributed by atoms with Crippen molar-refractivity contribution in [3.8, 4) is 0 Å². The molecule has 8 heteroatoms. The van der Waals surface area contributed by atoms with Crippen molar-refractivity contribution < 1.29 is 17.6 Å². The zero-order chi connectivity index (χ0) is 26.4. The van der Waals surface area contributed by atoms with Crippen molar-refractivity contribution in [1.29, 1.82) is 0 Å². The number of halogens is 1. The van der Waals surface area contributed by atoms with Crippen molar-refractivity contribution in [2.75, 3.05) is 0 Å². The molecule has 0 unspecified atom stereocenters. The summed E-state index contributed by atoms with van der Waals surface area (Å²) in [5, 5.41) is -0.0742. The first-order chi connectivity index (χ1) is 17.7. The maximum Gasteiger partial charge on any atom is 0.228 e. The van der Waals surface area contributed by atoms with Crippen molar-refractivity contribution in [3.05, 3.63) is 119 Å². The first-order valence-electron chi connectivity index (χ1n) is 12.1. The SMILES string of the molecule is CC(C)N(Cc1cnc(S(=O)(=O)Cc2ccc(F)cc2)n1Cc1ccccc1)C(=O)Cc1ccccc1. The third-order valence-corrected chi connectivity index (χ3v) is 7.70. The minimum Gasteiger partial charge on any atom is -0.334 e. The number of hydrogen-bond donors (Lipinski definition) is 0. The summed E-state index contributed by atoms with van der Waals surface area (Å²) in [7, 11) is -3.85. The number of hydrogen-bond acceptors (Lipinski definition) is 4. The number of nitrogens with zero attached hydrogens (tertiary/aromatic N) is 3. The molecular weight excluding hydrogens is 489 g/mol. The molecule has 0 N–H and O–H groups in total. The number of aromatic nitrogens is 2. The highest BCUT2D eigenvalue weighted by molar-refractivity contribution is 7.90. The number of imidazole rings is 1. The maximum absolute atomic E-state index is 13.4. The Kier molecular flexibility index (Phi) is 8.18. The average Bonchev–Trinajstić information content (AvgIpc) is 3.28. The second kappa shape index (κ2) is 11.5. The largest absolute Gasteiger partial charge is 0.334 e. The van der Waals surface area contributed by atoms with E-state index in [4.69, 9.17) is 0 Å². The minimum atomic E-state index is -3.85. The Morgan fingerprint density at radius 3 is 2.08 bits per heavy atom. The number of benzene rings is 3. The summed E-state index contributed by atoms with van der Waals surface area (Å²) < 4.78 is 41.9. The second-order valence-corrected chi connectivity index (χ2v) is 11.2. The average molecular weight is 520 g/mol. The van der Waals surface area contributed by atoms with E-state index in [0.717, 1.165) is 11.1 Å². The summed E-state index contributed by atoms with van der Waals surface area (Å²) in [6, 6.07) is 24.3. The molecule has 4 aromatic rings. The van der Waals surface area contributed by atoms with Gasteiger partial charge in [-0.3, -0.25) is 4.79 Å². The maximum atomic E-state index is 13.4. The monoisotopic (exact) mass is 519 g/mol. The first-order valence-corrected chi connectivity index (χ1v) is 13.8. The van der Waals surface area contributed by atoms with Crippen LogP contribution in [-0.4, -0.2) is 34.8 Å². The molecule has 37 heavy (non-hydrogen) atoms. The van der Waals surface area contributed by atoms with Gasteiger partial charge in [-0.25, -0.2) is 17.8 Å². The Labute approximate surface area is 217 Å². The van der Waals surface area contributed by atoms with Crippen LogP contribution in [0.15, 0.2) is 96.3 Å². The summed E-state index contributed by atoms with van der Waals surface area (Å²) in [5.41, 5.74) is 2.92. The quantitative estimate of drug-likeness (QED) is 0.295. The zero-order valence-electron chi connectivity index (χ0n) is 20.9. The number of amides is 1. The fourth-order valence-electron chi connectivity index (χ4n) is 4.17. The summed E-state index contributed by atoms with van der Waals surface area (Å²) in [5.74, 6) is -0.786. The van der Waals surface area contributed by atoms with Crippen LogP contribution in [0.2, 0.25) is 0 Å². The molecule has 0 atom stereocenters. The van der Waals surface area contributed by atoms with Crippen LogP contribution < -0.4 is 0 Å². The Morgan fingerprint density at radius 2 is 1.49 bits per heavy atom. The lowest BCUT2D eigenvalue weighted by Crippen LogP contribution is -2.38. The summed E-state index contributed by atoms with van der Waals surface area (Å²) in [6.07, 6.45) is 1.78. The molecule has 0 spiro atoms. The highest BCUT2D eigenvalue weighted by Gasteiger charge is 2.26. The predicted molar refractivity (Wildman–Crippen MR) is 141 cm³/mol. The van der Waals surface area contributed by atoms with E-state index in [1.54, 1.807) is 9.47 Å². The van der Waals surface area contributed by atoms with Gasteiger partial charge in [-0.15, -0.1) is 0 Å².